The molecule has 4 nitrogen and oxygen atoms in total. The summed E-state index contributed by atoms with van der Waals surface area (Å²) in [6, 6.07) is 14.6. The standard InChI is InChI=1S/C28H35N3O/c1-3-8-22-10-13-23(14-11-22)26-19-24(12-9-21(26)2)28(32)30-25-15-16-27(29-20-25)31-17-6-4-5-7-18-31/h9-15,19-20,27H,3-8,16-18H2,1-2H3,(H,30,32). The Balaban J connectivity index is 1.41. The third kappa shape index (κ3) is 5.55. The fourth-order valence-electron chi connectivity index (χ4n) is 4.65. The van der Waals surface area contributed by atoms with Gasteiger partial charge in [0.1, 0.15) is 6.17 Å². The van der Waals surface area contributed by atoms with Crippen molar-refractivity contribution in [1.29, 1.82) is 0 Å². The van der Waals surface area contributed by atoms with Crippen LogP contribution < -0.4 is 5.32 Å². The number of benzene rings is 2. The van der Waals surface area contributed by atoms with Crippen LogP contribution in [0, 0.1) is 6.92 Å². The van der Waals surface area contributed by atoms with Crippen LogP contribution in [0.4, 0.5) is 0 Å². The number of dihydropyridines is 1. The van der Waals surface area contributed by atoms with Crippen LogP contribution in [0.25, 0.3) is 11.1 Å². The van der Waals surface area contributed by atoms with Crippen LogP contribution in [0.1, 0.15) is 66.9 Å². The molecule has 4 rings (SSSR count). The maximum atomic E-state index is 13.0. The molecule has 1 fully saturated rings. The van der Waals surface area contributed by atoms with E-state index < -0.39 is 0 Å². The van der Waals surface area contributed by atoms with Gasteiger partial charge < -0.3 is 5.32 Å². The molecule has 2 aliphatic heterocycles. The van der Waals surface area contributed by atoms with Crippen LogP contribution >= 0.6 is 0 Å². The van der Waals surface area contributed by atoms with Crippen LogP contribution in [0.2, 0.25) is 0 Å². The number of rotatable bonds is 6. The van der Waals surface area contributed by atoms with Crippen LogP contribution in [-0.4, -0.2) is 36.3 Å². The molecule has 0 bridgehead atoms. The molecule has 0 saturated carbocycles. The summed E-state index contributed by atoms with van der Waals surface area (Å²) in [5, 5.41) is 3.05. The SMILES string of the molecule is CCCc1ccc(-c2cc(C(=O)NC3=CCC(N4CCCCCC4)N=C3)ccc2C)cc1. The van der Waals surface area contributed by atoms with Gasteiger partial charge in [-0.1, -0.05) is 62.6 Å². The van der Waals surface area contributed by atoms with E-state index in [1.54, 1.807) is 0 Å². The molecular formula is C28H35N3O. The average Bonchev–Trinajstić information content (AvgIpc) is 3.10. The van der Waals surface area contributed by atoms with Gasteiger partial charge in [-0.2, -0.15) is 0 Å². The number of nitrogens with zero attached hydrogens (tertiary/aromatic N) is 2. The lowest BCUT2D eigenvalue weighted by Gasteiger charge is -2.28. The van der Waals surface area contributed by atoms with Crippen LogP contribution in [0.5, 0.6) is 0 Å². The molecule has 4 heteroatoms. The van der Waals surface area contributed by atoms with Crippen molar-refractivity contribution in [3.8, 4) is 11.1 Å². The second kappa shape index (κ2) is 10.7. The highest BCUT2D eigenvalue weighted by atomic mass is 16.1. The van der Waals surface area contributed by atoms with Gasteiger partial charge in [-0.3, -0.25) is 14.7 Å². The van der Waals surface area contributed by atoms with E-state index in [-0.39, 0.29) is 12.1 Å². The number of hydrogen-bond donors (Lipinski definition) is 1. The van der Waals surface area contributed by atoms with Crippen LogP contribution in [0.15, 0.2) is 59.2 Å². The first-order chi connectivity index (χ1) is 15.6. The van der Waals surface area contributed by atoms with Crippen molar-refractivity contribution >= 4 is 12.1 Å². The Morgan fingerprint density at radius 2 is 1.81 bits per heavy atom. The summed E-state index contributed by atoms with van der Waals surface area (Å²) in [7, 11) is 0. The molecule has 1 amide bonds. The highest BCUT2D eigenvalue weighted by Gasteiger charge is 2.20. The smallest absolute Gasteiger partial charge is 0.255 e. The van der Waals surface area contributed by atoms with E-state index in [0.29, 0.717) is 5.56 Å². The Labute approximate surface area is 192 Å². The molecule has 2 heterocycles. The van der Waals surface area contributed by atoms with Gasteiger partial charge >= 0.3 is 0 Å². The number of nitrogens with one attached hydrogen (secondary N) is 1. The molecule has 1 atom stereocenters. The molecule has 32 heavy (non-hydrogen) atoms. The molecule has 0 aliphatic carbocycles. The van der Waals surface area contributed by atoms with E-state index in [1.807, 2.05) is 24.4 Å². The summed E-state index contributed by atoms with van der Waals surface area (Å²) in [4.78, 5) is 20.2. The lowest BCUT2D eigenvalue weighted by molar-refractivity contribution is 0.0967. The molecule has 2 aliphatic rings. The van der Waals surface area contributed by atoms with Crippen LogP contribution in [0.3, 0.4) is 0 Å². The minimum Gasteiger partial charge on any atom is -0.321 e. The number of carbonyl (C=O) groups excluding carboxylic acids is 1. The van der Waals surface area contributed by atoms with Crippen molar-refractivity contribution in [3.05, 3.63) is 70.9 Å². The van der Waals surface area contributed by atoms with Gasteiger partial charge in [0, 0.05) is 31.3 Å². The zero-order valence-electron chi connectivity index (χ0n) is 19.4. The summed E-state index contributed by atoms with van der Waals surface area (Å²) < 4.78 is 0. The molecule has 2 aromatic rings. The largest absolute Gasteiger partial charge is 0.321 e. The highest BCUT2D eigenvalue weighted by Crippen LogP contribution is 2.26. The van der Waals surface area contributed by atoms with Crippen molar-refractivity contribution in [2.24, 2.45) is 4.99 Å². The first-order valence-electron chi connectivity index (χ1n) is 12.1. The Bertz CT molecular complexity index is 982. The second-order valence-electron chi connectivity index (χ2n) is 9.03. The molecule has 1 N–H and O–H groups in total. The van der Waals surface area contributed by atoms with Gasteiger partial charge in [-0.15, -0.1) is 0 Å². The first kappa shape index (κ1) is 22.5. The summed E-state index contributed by atoms with van der Waals surface area (Å²) in [6.07, 6.45) is 12.4. The van der Waals surface area contributed by atoms with Gasteiger partial charge in [0.2, 0.25) is 0 Å². The van der Waals surface area contributed by atoms with Crippen molar-refractivity contribution in [1.82, 2.24) is 10.2 Å². The fourth-order valence-corrected chi connectivity index (χ4v) is 4.65. The van der Waals surface area contributed by atoms with Gasteiger partial charge in [0.15, 0.2) is 0 Å². The predicted octanol–water partition coefficient (Wildman–Crippen LogP) is 5.90. The summed E-state index contributed by atoms with van der Waals surface area (Å²) in [5.74, 6) is -0.0835. The molecule has 0 spiro atoms. The third-order valence-electron chi connectivity index (χ3n) is 6.56. The molecular weight excluding hydrogens is 394 g/mol. The topological polar surface area (TPSA) is 44.7 Å². The Morgan fingerprint density at radius 1 is 1.06 bits per heavy atom. The first-order valence-corrected chi connectivity index (χ1v) is 12.1. The zero-order valence-corrected chi connectivity index (χ0v) is 19.4. The number of aryl methyl sites for hydroxylation is 2. The van der Waals surface area contributed by atoms with E-state index in [4.69, 9.17) is 4.99 Å². The van der Waals surface area contributed by atoms with Crippen molar-refractivity contribution in [3.63, 3.8) is 0 Å². The average molecular weight is 430 g/mol. The molecule has 2 aromatic carbocycles. The van der Waals surface area contributed by atoms with E-state index in [0.717, 1.165) is 49.2 Å². The van der Waals surface area contributed by atoms with Gasteiger partial charge in [0.05, 0.1) is 5.70 Å². The summed E-state index contributed by atoms with van der Waals surface area (Å²) in [6.45, 7) is 6.55. The van der Waals surface area contributed by atoms with Crippen LogP contribution in [-0.2, 0) is 6.42 Å². The van der Waals surface area contributed by atoms with Crippen molar-refractivity contribution < 1.29 is 4.79 Å². The number of allylic oxidation sites excluding steroid dienone is 1. The van der Waals surface area contributed by atoms with E-state index in [2.05, 4.69) is 54.4 Å². The third-order valence-corrected chi connectivity index (χ3v) is 6.56. The Kier molecular flexibility index (Phi) is 7.54. The van der Waals surface area contributed by atoms with E-state index in [9.17, 15) is 4.79 Å². The summed E-state index contributed by atoms with van der Waals surface area (Å²) >= 11 is 0. The van der Waals surface area contributed by atoms with E-state index in [1.165, 1.54) is 36.8 Å². The maximum absolute atomic E-state index is 13.0. The number of carbonyl (C=O) groups is 1. The molecule has 1 unspecified atom stereocenters. The van der Waals surface area contributed by atoms with Gasteiger partial charge in [0.25, 0.3) is 5.91 Å². The lowest BCUT2D eigenvalue weighted by atomic mass is 9.96. The molecule has 1 saturated heterocycles. The quantitative estimate of drug-likeness (QED) is 0.621. The van der Waals surface area contributed by atoms with Crippen molar-refractivity contribution in [2.45, 2.75) is 65.0 Å². The number of likely N-dealkylation sites (tertiary alicyclic amines) is 1. The molecule has 168 valence electrons. The predicted molar refractivity (Wildman–Crippen MR) is 133 cm³/mol. The summed E-state index contributed by atoms with van der Waals surface area (Å²) in [5.41, 5.74) is 6.25. The second-order valence-corrected chi connectivity index (χ2v) is 9.03. The minimum absolute atomic E-state index is 0.0835. The van der Waals surface area contributed by atoms with Gasteiger partial charge in [-0.05, 0) is 60.6 Å². The number of amides is 1. The number of aliphatic imine (C=N–C) groups is 1. The Morgan fingerprint density at radius 3 is 2.47 bits per heavy atom. The lowest BCUT2D eigenvalue weighted by Crippen LogP contribution is -2.36. The van der Waals surface area contributed by atoms with Crippen molar-refractivity contribution in [2.75, 3.05) is 13.1 Å². The van der Waals surface area contributed by atoms with Gasteiger partial charge in [-0.25, -0.2) is 0 Å². The van der Waals surface area contributed by atoms with E-state index >= 15 is 0 Å². The number of hydrogen-bond acceptors (Lipinski definition) is 3. The minimum atomic E-state index is -0.0835. The fraction of sp³-hybridized carbons (Fsp3) is 0.429. The highest BCUT2D eigenvalue weighted by molar-refractivity contribution is 6.00. The Hall–Kier alpha value is -2.72. The zero-order chi connectivity index (χ0) is 22.3. The normalized spacial score (nSPS) is 19.3. The molecule has 0 aromatic heterocycles. The maximum Gasteiger partial charge on any atom is 0.255 e. The molecule has 0 radical (unpaired) electrons. The monoisotopic (exact) mass is 429 g/mol.